The summed E-state index contributed by atoms with van der Waals surface area (Å²) in [7, 11) is 0. The summed E-state index contributed by atoms with van der Waals surface area (Å²) in [5, 5.41) is 10.1. The monoisotopic (exact) mass is 212 g/mol. The van der Waals surface area contributed by atoms with Crippen molar-refractivity contribution < 1.29 is 19.5 Å². The number of carbonyl (C=O) groups excluding carboxylic acids is 2. The molecule has 14 heavy (non-hydrogen) atoms. The van der Waals surface area contributed by atoms with Crippen molar-refractivity contribution in [3.8, 4) is 0 Å². The first-order valence-corrected chi connectivity index (χ1v) is 4.77. The standard InChI is InChI=1S/C9H8O4S/c1-5(8(11)9(12)13)7(10)6-3-2-4-14-6/h2-5H,1H3,(H,12,13). The molecule has 74 valence electrons. The van der Waals surface area contributed by atoms with Crippen molar-refractivity contribution >= 4 is 28.9 Å². The molecule has 0 radical (unpaired) electrons. The number of carboxylic acids is 1. The van der Waals surface area contributed by atoms with Gasteiger partial charge in [-0.3, -0.25) is 9.59 Å². The summed E-state index contributed by atoms with van der Waals surface area (Å²) in [5.41, 5.74) is 0. The molecule has 0 aliphatic rings. The van der Waals surface area contributed by atoms with Crippen molar-refractivity contribution in [1.29, 1.82) is 0 Å². The Morgan fingerprint density at radius 1 is 1.43 bits per heavy atom. The first kappa shape index (κ1) is 10.6. The van der Waals surface area contributed by atoms with Crippen molar-refractivity contribution in [2.24, 2.45) is 5.92 Å². The number of rotatable bonds is 4. The molecule has 1 aromatic heterocycles. The Morgan fingerprint density at radius 3 is 2.50 bits per heavy atom. The quantitative estimate of drug-likeness (QED) is 0.462. The molecular weight excluding hydrogens is 204 g/mol. The molecule has 0 saturated carbocycles. The fourth-order valence-electron chi connectivity index (χ4n) is 0.936. The van der Waals surface area contributed by atoms with Crippen molar-refractivity contribution in [2.45, 2.75) is 6.92 Å². The van der Waals surface area contributed by atoms with Gasteiger partial charge in [0.05, 0.1) is 10.8 Å². The number of hydrogen-bond donors (Lipinski definition) is 1. The van der Waals surface area contributed by atoms with E-state index in [9.17, 15) is 14.4 Å². The largest absolute Gasteiger partial charge is 0.475 e. The van der Waals surface area contributed by atoms with E-state index in [1.165, 1.54) is 18.3 Å². The second kappa shape index (κ2) is 4.15. The van der Waals surface area contributed by atoms with Gasteiger partial charge in [0, 0.05) is 0 Å². The number of hydrogen-bond acceptors (Lipinski definition) is 4. The van der Waals surface area contributed by atoms with Gasteiger partial charge in [0.15, 0.2) is 5.78 Å². The van der Waals surface area contributed by atoms with Crippen LogP contribution in [0.5, 0.6) is 0 Å². The molecule has 1 atom stereocenters. The predicted molar refractivity (Wildman–Crippen MR) is 50.5 cm³/mol. The van der Waals surface area contributed by atoms with Gasteiger partial charge in [-0.05, 0) is 18.4 Å². The van der Waals surface area contributed by atoms with Crippen LogP contribution < -0.4 is 0 Å². The average molecular weight is 212 g/mol. The van der Waals surface area contributed by atoms with E-state index >= 15 is 0 Å². The highest BCUT2D eigenvalue weighted by Crippen LogP contribution is 2.15. The first-order valence-electron chi connectivity index (χ1n) is 3.89. The Balaban J connectivity index is 2.81. The molecule has 0 amide bonds. The second-order valence-corrected chi connectivity index (χ2v) is 3.68. The van der Waals surface area contributed by atoms with E-state index in [-0.39, 0.29) is 0 Å². The van der Waals surface area contributed by atoms with E-state index in [0.29, 0.717) is 4.88 Å². The molecule has 0 bridgehead atoms. The molecule has 0 aliphatic carbocycles. The molecule has 0 saturated heterocycles. The van der Waals surface area contributed by atoms with Crippen molar-refractivity contribution in [3.05, 3.63) is 22.4 Å². The first-order chi connectivity index (χ1) is 6.54. The van der Waals surface area contributed by atoms with Gasteiger partial charge in [0.25, 0.3) is 0 Å². The van der Waals surface area contributed by atoms with E-state index in [4.69, 9.17) is 5.11 Å². The zero-order valence-electron chi connectivity index (χ0n) is 7.39. The number of carboxylic acid groups (broad SMARTS) is 1. The van der Waals surface area contributed by atoms with Crippen LogP contribution in [0.1, 0.15) is 16.6 Å². The highest BCUT2D eigenvalue weighted by atomic mass is 32.1. The van der Waals surface area contributed by atoms with Gasteiger partial charge in [0.1, 0.15) is 0 Å². The van der Waals surface area contributed by atoms with Gasteiger partial charge in [-0.15, -0.1) is 11.3 Å². The average Bonchev–Trinajstić information content (AvgIpc) is 2.67. The lowest BCUT2D eigenvalue weighted by Crippen LogP contribution is -2.27. The minimum absolute atomic E-state index is 0.409. The smallest absolute Gasteiger partial charge is 0.372 e. The SMILES string of the molecule is CC(C(=O)C(=O)O)C(=O)c1cccs1. The maximum Gasteiger partial charge on any atom is 0.372 e. The molecule has 1 rings (SSSR count). The van der Waals surface area contributed by atoms with E-state index < -0.39 is 23.5 Å². The van der Waals surface area contributed by atoms with Crippen LogP contribution >= 0.6 is 11.3 Å². The molecule has 5 heteroatoms. The number of Topliss-reactive ketones (excluding diaryl/α,β-unsaturated/α-hetero) is 2. The third kappa shape index (κ3) is 2.05. The van der Waals surface area contributed by atoms with E-state index in [1.54, 1.807) is 17.5 Å². The van der Waals surface area contributed by atoms with Crippen molar-refractivity contribution in [2.75, 3.05) is 0 Å². The van der Waals surface area contributed by atoms with Crippen LogP contribution in [0, 0.1) is 5.92 Å². The Morgan fingerprint density at radius 2 is 2.07 bits per heavy atom. The van der Waals surface area contributed by atoms with Crippen LogP contribution in [0.15, 0.2) is 17.5 Å². The maximum absolute atomic E-state index is 11.5. The van der Waals surface area contributed by atoms with Crippen LogP contribution in [-0.4, -0.2) is 22.6 Å². The van der Waals surface area contributed by atoms with Gasteiger partial charge >= 0.3 is 5.97 Å². The molecule has 0 spiro atoms. The molecule has 0 aromatic carbocycles. The van der Waals surface area contributed by atoms with Crippen molar-refractivity contribution in [1.82, 2.24) is 0 Å². The fourth-order valence-corrected chi connectivity index (χ4v) is 1.69. The molecule has 4 nitrogen and oxygen atoms in total. The van der Waals surface area contributed by atoms with Crippen LogP contribution in [0.2, 0.25) is 0 Å². The van der Waals surface area contributed by atoms with Gasteiger partial charge < -0.3 is 5.11 Å². The summed E-state index contributed by atoms with van der Waals surface area (Å²) in [6.45, 7) is 1.30. The van der Waals surface area contributed by atoms with E-state index in [1.807, 2.05) is 0 Å². The van der Waals surface area contributed by atoms with Crippen LogP contribution in [0.4, 0.5) is 0 Å². The normalized spacial score (nSPS) is 12.1. The van der Waals surface area contributed by atoms with E-state index in [0.717, 1.165) is 0 Å². The third-order valence-corrected chi connectivity index (χ3v) is 2.65. The Labute approximate surface area is 84.2 Å². The number of ketones is 2. The second-order valence-electron chi connectivity index (χ2n) is 2.73. The van der Waals surface area contributed by atoms with Gasteiger partial charge in [0.2, 0.25) is 5.78 Å². The summed E-state index contributed by atoms with van der Waals surface area (Å²) in [4.78, 5) is 33.2. The third-order valence-electron chi connectivity index (χ3n) is 1.76. The topological polar surface area (TPSA) is 71.4 Å². The summed E-state index contributed by atoms with van der Waals surface area (Å²) in [6, 6.07) is 3.24. The van der Waals surface area contributed by atoms with Crippen LogP contribution in [-0.2, 0) is 9.59 Å². The molecule has 1 N–H and O–H groups in total. The lowest BCUT2D eigenvalue weighted by atomic mass is 10.0. The number of aliphatic carboxylic acids is 1. The van der Waals surface area contributed by atoms with Gasteiger partial charge in [-0.25, -0.2) is 4.79 Å². The molecule has 1 heterocycles. The summed E-state index contributed by atoms with van der Waals surface area (Å²) in [6.07, 6.45) is 0. The van der Waals surface area contributed by atoms with Gasteiger partial charge in [-0.2, -0.15) is 0 Å². The number of thiophene rings is 1. The zero-order valence-corrected chi connectivity index (χ0v) is 8.21. The summed E-state index contributed by atoms with van der Waals surface area (Å²) < 4.78 is 0. The fraction of sp³-hybridized carbons (Fsp3) is 0.222. The lowest BCUT2D eigenvalue weighted by molar-refractivity contribution is -0.150. The Kier molecular flexibility index (Phi) is 3.14. The highest BCUT2D eigenvalue weighted by Gasteiger charge is 2.28. The minimum Gasteiger partial charge on any atom is -0.475 e. The zero-order chi connectivity index (χ0) is 10.7. The van der Waals surface area contributed by atoms with Gasteiger partial charge in [-0.1, -0.05) is 6.07 Å². The maximum atomic E-state index is 11.5. The van der Waals surface area contributed by atoms with Crippen LogP contribution in [0.25, 0.3) is 0 Å². The van der Waals surface area contributed by atoms with Crippen molar-refractivity contribution in [3.63, 3.8) is 0 Å². The Bertz CT molecular complexity index is 366. The van der Waals surface area contributed by atoms with E-state index in [2.05, 4.69) is 0 Å². The molecule has 1 unspecified atom stereocenters. The lowest BCUT2D eigenvalue weighted by Gasteiger charge is -2.03. The molecule has 0 aliphatic heterocycles. The van der Waals surface area contributed by atoms with Crippen LogP contribution in [0.3, 0.4) is 0 Å². The minimum atomic E-state index is -1.57. The summed E-state index contributed by atoms with van der Waals surface area (Å²) >= 11 is 1.19. The summed E-state index contributed by atoms with van der Waals surface area (Å²) in [5.74, 6) is -4.18. The molecule has 1 aromatic rings. The Hall–Kier alpha value is -1.49. The highest BCUT2D eigenvalue weighted by molar-refractivity contribution is 7.12. The number of carbonyl (C=O) groups is 3. The predicted octanol–water partition coefficient (Wildman–Crippen LogP) is 1.22. The molecule has 0 fully saturated rings. The molecular formula is C9H8O4S.